The van der Waals surface area contributed by atoms with Crippen LogP contribution in [0.15, 0.2) is 48.7 Å². The van der Waals surface area contributed by atoms with Crippen LogP contribution in [0.3, 0.4) is 0 Å². The molecule has 3 heterocycles. The molecule has 1 unspecified atom stereocenters. The number of aryl methyl sites for hydroxylation is 3. The number of rotatable bonds is 7. The van der Waals surface area contributed by atoms with E-state index in [0.29, 0.717) is 13.0 Å². The Kier molecular flexibility index (Phi) is 6.21. The van der Waals surface area contributed by atoms with Gasteiger partial charge >= 0.3 is 0 Å². The highest BCUT2D eigenvalue weighted by molar-refractivity contribution is 5.76. The number of carbonyl (C=O) groups excluding carboxylic acids is 1. The van der Waals surface area contributed by atoms with Crippen LogP contribution in [0.5, 0.6) is 5.75 Å². The number of methoxy groups -OCH3 is 1. The monoisotopic (exact) mass is 419 g/mol. The van der Waals surface area contributed by atoms with E-state index in [1.165, 1.54) is 0 Å². The predicted octanol–water partition coefficient (Wildman–Crippen LogP) is 4.05. The minimum absolute atomic E-state index is 0.182. The molecule has 7 nitrogen and oxygen atoms in total. The molecule has 0 bridgehead atoms. The largest absolute Gasteiger partial charge is 0.497 e. The van der Waals surface area contributed by atoms with Crippen molar-refractivity contribution in [3.63, 3.8) is 0 Å². The summed E-state index contributed by atoms with van der Waals surface area (Å²) in [6, 6.07) is 13.9. The quantitative estimate of drug-likeness (QED) is 0.625. The van der Waals surface area contributed by atoms with Gasteiger partial charge in [0, 0.05) is 66.6 Å². The Morgan fingerprint density at radius 1 is 1.16 bits per heavy atom. The molecule has 3 aromatic rings. The number of hydrogen-bond donors (Lipinski definition) is 1. The van der Waals surface area contributed by atoms with Gasteiger partial charge < -0.3 is 15.0 Å². The number of amides is 1. The van der Waals surface area contributed by atoms with Gasteiger partial charge in [0.05, 0.1) is 7.11 Å². The van der Waals surface area contributed by atoms with Gasteiger partial charge in [-0.1, -0.05) is 0 Å². The Morgan fingerprint density at radius 3 is 2.68 bits per heavy atom. The second-order valence-corrected chi connectivity index (χ2v) is 8.05. The maximum atomic E-state index is 12.7. The molecule has 0 spiro atoms. The number of benzene rings is 1. The van der Waals surface area contributed by atoms with Crippen LogP contribution in [-0.2, 0) is 11.3 Å². The van der Waals surface area contributed by atoms with Gasteiger partial charge in [0.2, 0.25) is 5.91 Å². The number of nitrogens with zero attached hydrogens (tertiary/aromatic N) is 4. The summed E-state index contributed by atoms with van der Waals surface area (Å²) in [5, 5.41) is 7.71. The normalized spacial score (nSPS) is 15.8. The molecular weight excluding hydrogens is 390 g/mol. The van der Waals surface area contributed by atoms with E-state index in [1.807, 2.05) is 59.8 Å². The van der Waals surface area contributed by atoms with Crippen LogP contribution in [0.25, 0.3) is 0 Å². The number of pyridine rings is 1. The average molecular weight is 420 g/mol. The van der Waals surface area contributed by atoms with Crippen molar-refractivity contribution >= 4 is 17.3 Å². The Labute approximate surface area is 183 Å². The van der Waals surface area contributed by atoms with E-state index >= 15 is 0 Å². The fourth-order valence-corrected chi connectivity index (χ4v) is 4.04. The lowest BCUT2D eigenvalue weighted by Crippen LogP contribution is -2.29. The highest BCUT2D eigenvalue weighted by atomic mass is 16.5. The number of nitrogens with one attached hydrogen (secondary N) is 1. The summed E-state index contributed by atoms with van der Waals surface area (Å²) >= 11 is 0. The van der Waals surface area contributed by atoms with Crippen molar-refractivity contribution < 1.29 is 9.53 Å². The molecule has 1 aromatic carbocycles. The zero-order valence-electron chi connectivity index (χ0n) is 18.3. The minimum atomic E-state index is 0.182. The topological polar surface area (TPSA) is 72.3 Å². The lowest BCUT2D eigenvalue weighted by atomic mass is 10.0. The van der Waals surface area contributed by atoms with Crippen molar-refractivity contribution in [2.75, 3.05) is 25.5 Å². The summed E-state index contributed by atoms with van der Waals surface area (Å²) in [7, 11) is 1.66. The van der Waals surface area contributed by atoms with E-state index in [-0.39, 0.29) is 11.8 Å². The SMILES string of the molecule is COc1ccc(Nc2cc(C)nc(C3CCN(C(=O)CCn4nccc4C)C3)c2)cc1. The molecule has 0 radical (unpaired) electrons. The fraction of sp³-hybridized carbons (Fsp3) is 0.375. The molecule has 162 valence electrons. The van der Waals surface area contributed by atoms with E-state index < -0.39 is 0 Å². The molecule has 1 amide bonds. The molecule has 31 heavy (non-hydrogen) atoms. The van der Waals surface area contributed by atoms with E-state index in [0.717, 1.165) is 53.7 Å². The van der Waals surface area contributed by atoms with Gasteiger partial charge in [0.1, 0.15) is 5.75 Å². The summed E-state index contributed by atoms with van der Waals surface area (Å²) in [4.78, 5) is 19.4. The van der Waals surface area contributed by atoms with Gasteiger partial charge in [-0.15, -0.1) is 0 Å². The smallest absolute Gasteiger partial charge is 0.224 e. The summed E-state index contributed by atoms with van der Waals surface area (Å²) in [5.41, 5.74) is 5.08. The van der Waals surface area contributed by atoms with E-state index in [9.17, 15) is 4.79 Å². The van der Waals surface area contributed by atoms with Crippen LogP contribution in [-0.4, -0.2) is 45.8 Å². The number of ether oxygens (including phenoxy) is 1. The van der Waals surface area contributed by atoms with Crippen LogP contribution >= 0.6 is 0 Å². The number of likely N-dealkylation sites (tertiary alicyclic amines) is 1. The van der Waals surface area contributed by atoms with Crippen LogP contribution in [0.2, 0.25) is 0 Å². The lowest BCUT2D eigenvalue weighted by Gasteiger charge is -2.17. The third-order valence-electron chi connectivity index (χ3n) is 5.78. The van der Waals surface area contributed by atoms with Crippen molar-refractivity contribution in [1.29, 1.82) is 0 Å². The Morgan fingerprint density at radius 2 is 1.97 bits per heavy atom. The number of hydrogen-bond acceptors (Lipinski definition) is 5. The fourth-order valence-electron chi connectivity index (χ4n) is 4.04. The molecular formula is C24H29N5O2. The van der Waals surface area contributed by atoms with Gasteiger partial charge in [-0.2, -0.15) is 5.10 Å². The Bertz CT molecular complexity index is 1040. The molecule has 7 heteroatoms. The van der Waals surface area contributed by atoms with Crippen molar-refractivity contribution in [2.24, 2.45) is 0 Å². The molecule has 0 aliphatic carbocycles. The number of aromatic nitrogens is 3. The predicted molar refractivity (Wildman–Crippen MR) is 121 cm³/mol. The number of carbonyl (C=O) groups is 1. The second-order valence-electron chi connectivity index (χ2n) is 8.05. The van der Waals surface area contributed by atoms with Gasteiger partial charge in [-0.3, -0.25) is 14.5 Å². The van der Waals surface area contributed by atoms with Crippen LogP contribution in [0.1, 0.15) is 35.8 Å². The molecule has 4 rings (SSSR count). The van der Waals surface area contributed by atoms with Gasteiger partial charge in [-0.05, 0) is 62.7 Å². The van der Waals surface area contributed by atoms with Crippen molar-refractivity contribution in [2.45, 2.75) is 39.2 Å². The van der Waals surface area contributed by atoms with E-state index in [2.05, 4.69) is 16.5 Å². The third kappa shape index (κ3) is 5.05. The van der Waals surface area contributed by atoms with Gasteiger partial charge in [0.15, 0.2) is 0 Å². The molecule has 1 atom stereocenters. The van der Waals surface area contributed by atoms with E-state index in [1.54, 1.807) is 13.3 Å². The van der Waals surface area contributed by atoms with Crippen LogP contribution < -0.4 is 10.1 Å². The van der Waals surface area contributed by atoms with Crippen molar-refractivity contribution in [3.8, 4) is 5.75 Å². The molecule has 1 saturated heterocycles. The molecule has 2 aromatic heterocycles. The zero-order valence-corrected chi connectivity index (χ0v) is 18.3. The van der Waals surface area contributed by atoms with Gasteiger partial charge in [-0.25, -0.2) is 0 Å². The van der Waals surface area contributed by atoms with Crippen molar-refractivity contribution in [1.82, 2.24) is 19.7 Å². The highest BCUT2D eigenvalue weighted by Crippen LogP contribution is 2.29. The van der Waals surface area contributed by atoms with Crippen LogP contribution in [0, 0.1) is 13.8 Å². The first kappa shape index (κ1) is 20.9. The standard InChI is InChI=1S/C24H29N5O2/c1-17-14-21(27-20-4-6-22(31-3)7-5-20)15-23(26-17)19-9-12-28(16-19)24(30)10-13-29-18(2)8-11-25-29/h4-8,11,14-15,19H,9-10,12-13,16H2,1-3H3,(H,26,27). The Hall–Kier alpha value is -3.35. The first-order valence-corrected chi connectivity index (χ1v) is 10.7. The molecule has 1 fully saturated rings. The zero-order chi connectivity index (χ0) is 21.8. The van der Waals surface area contributed by atoms with E-state index in [4.69, 9.17) is 9.72 Å². The second kappa shape index (κ2) is 9.20. The molecule has 1 aliphatic heterocycles. The first-order valence-electron chi connectivity index (χ1n) is 10.7. The summed E-state index contributed by atoms with van der Waals surface area (Å²) in [5.74, 6) is 1.27. The Balaban J connectivity index is 1.39. The maximum Gasteiger partial charge on any atom is 0.224 e. The number of anilines is 2. The third-order valence-corrected chi connectivity index (χ3v) is 5.78. The van der Waals surface area contributed by atoms with Crippen molar-refractivity contribution in [3.05, 3.63) is 65.7 Å². The summed E-state index contributed by atoms with van der Waals surface area (Å²) in [6.07, 6.45) is 3.18. The molecule has 0 saturated carbocycles. The first-order chi connectivity index (χ1) is 15.0. The molecule has 1 N–H and O–H groups in total. The van der Waals surface area contributed by atoms with Gasteiger partial charge in [0.25, 0.3) is 0 Å². The maximum absolute atomic E-state index is 12.7. The summed E-state index contributed by atoms with van der Waals surface area (Å²) in [6.45, 7) is 6.13. The minimum Gasteiger partial charge on any atom is -0.497 e. The molecule has 1 aliphatic rings. The lowest BCUT2D eigenvalue weighted by molar-refractivity contribution is -0.130. The van der Waals surface area contributed by atoms with Crippen LogP contribution in [0.4, 0.5) is 11.4 Å². The average Bonchev–Trinajstić information content (AvgIpc) is 3.41. The highest BCUT2D eigenvalue weighted by Gasteiger charge is 2.28. The summed E-state index contributed by atoms with van der Waals surface area (Å²) < 4.78 is 7.10.